The summed E-state index contributed by atoms with van der Waals surface area (Å²) in [5.74, 6) is 0.638. The van der Waals surface area contributed by atoms with Crippen molar-refractivity contribution in [3.05, 3.63) is 58.9 Å². The van der Waals surface area contributed by atoms with E-state index in [0.29, 0.717) is 11.4 Å². The van der Waals surface area contributed by atoms with E-state index in [1.165, 1.54) is 19.3 Å². The van der Waals surface area contributed by atoms with Crippen LogP contribution in [0.2, 0.25) is 0 Å². The number of hydrogen-bond donors (Lipinski definition) is 1. The third kappa shape index (κ3) is 2.78. The molecule has 0 amide bonds. The van der Waals surface area contributed by atoms with Crippen LogP contribution >= 0.6 is 0 Å². The number of piperidine rings is 1. The van der Waals surface area contributed by atoms with Crippen molar-refractivity contribution in [1.82, 2.24) is 14.5 Å². The molecule has 5 heteroatoms. The van der Waals surface area contributed by atoms with Crippen LogP contribution in [-0.2, 0) is 6.54 Å². The van der Waals surface area contributed by atoms with E-state index in [4.69, 9.17) is 0 Å². The molecular weight excluding hydrogens is 348 g/mol. The zero-order valence-electron chi connectivity index (χ0n) is 16.1. The molecule has 0 bridgehead atoms. The van der Waals surface area contributed by atoms with E-state index in [1.54, 1.807) is 0 Å². The lowest BCUT2D eigenvalue weighted by Gasteiger charge is -2.29. The molecule has 28 heavy (non-hydrogen) atoms. The fraction of sp³-hybridized carbons (Fsp3) is 0.304. The lowest BCUT2D eigenvalue weighted by Crippen LogP contribution is -2.29. The maximum atomic E-state index is 13.4. The van der Waals surface area contributed by atoms with E-state index >= 15 is 0 Å². The molecule has 0 atom stereocenters. The maximum Gasteiger partial charge on any atom is 0.200 e. The van der Waals surface area contributed by atoms with E-state index in [2.05, 4.69) is 44.6 Å². The summed E-state index contributed by atoms with van der Waals surface area (Å²) in [6.45, 7) is 5.03. The van der Waals surface area contributed by atoms with Crippen LogP contribution in [0.15, 0.2) is 53.5 Å². The van der Waals surface area contributed by atoms with Gasteiger partial charge >= 0.3 is 0 Å². The minimum absolute atomic E-state index is 0.0395. The second-order valence-electron chi connectivity index (χ2n) is 7.51. The molecule has 0 aliphatic carbocycles. The van der Waals surface area contributed by atoms with E-state index in [1.807, 2.05) is 30.5 Å². The molecule has 1 fully saturated rings. The molecule has 0 spiro atoms. The third-order valence-corrected chi connectivity index (χ3v) is 5.77. The van der Waals surface area contributed by atoms with E-state index < -0.39 is 0 Å². The van der Waals surface area contributed by atoms with Crippen LogP contribution in [0.1, 0.15) is 26.2 Å². The molecule has 4 aromatic rings. The number of imidazole rings is 1. The molecule has 142 valence electrons. The molecule has 1 saturated heterocycles. The van der Waals surface area contributed by atoms with Gasteiger partial charge in [0.25, 0.3) is 0 Å². The van der Waals surface area contributed by atoms with Crippen LogP contribution in [0.5, 0.6) is 0 Å². The van der Waals surface area contributed by atoms with Crippen molar-refractivity contribution < 1.29 is 0 Å². The van der Waals surface area contributed by atoms with Gasteiger partial charge in [0.05, 0.1) is 22.1 Å². The largest absolute Gasteiger partial charge is 0.372 e. The predicted molar refractivity (Wildman–Crippen MR) is 115 cm³/mol. The number of nitrogens with zero attached hydrogens (tertiary/aromatic N) is 3. The summed E-state index contributed by atoms with van der Waals surface area (Å²) in [4.78, 5) is 23.8. The van der Waals surface area contributed by atoms with Crippen LogP contribution < -0.4 is 10.3 Å². The van der Waals surface area contributed by atoms with E-state index in [-0.39, 0.29) is 5.43 Å². The quantitative estimate of drug-likeness (QED) is 0.574. The number of aryl methyl sites for hydroxylation is 1. The van der Waals surface area contributed by atoms with Crippen molar-refractivity contribution in [3.8, 4) is 11.4 Å². The van der Waals surface area contributed by atoms with Crippen molar-refractivity contribution in [1.29, 1.82) is 0 Å². The molecule has 5 rings (SSSR count). The first-order valence-corrected chi connectivity index (χ1v) is 10.1. The van der Waals surface area contributed by atoms with Gasteiger partial charge in [0, 0.05) is 36.9 Å². The number of H-pyrrole nitrogens is 1. The first kappa shape index (κ1) is 17.0. The standard InChI is InChI=1S/C23H24N4O/c1-2-26-15-18(23-24-19-8-4-5-9-20(19)25-23)22(28)17-14-16(10-11-21(17)26)27-12-6-3-7-13-27/h4-5,8-11,14-15H,2-3,6-7,12-13H2,1H3,(H,24,25). The first-order chi connectivity index (χ1) is 13.7. The summed E-state index contributed by atoms with van der Waals surface area (Å²) in [7, 11) is 0. The number of nitrogens with one attached hydrogen (secondary N) is 1. The molecule has 2 aromatic carbocycles. The Morgan fingerprint density at radius 2 is 1.89 bits per heavy atom. The lowest BCUT2D eigenvalue weighted by atomic mass is 10.1. The third-order valence-electron chi connectivity index (χ3n) is 5.77. The molecule has 2 aromatic heterocycles. The van der Waals surface area contributed by atoms with Crippen LogP contribution in [-0.4, -0.2) is 27.6 Å². The topological polar surface area (TPSA) is 53.9 Å². The molecule has 0 unspecified atom stereocenters. The second-order valence-corrected chi connectivity index (χ2v) is 7.51. The van der Waals surface area contributed by atoms with Gasteiger partial charge in [-0.05, 0) is 56.5 Å². The zero-order valence-corrected chi connectivity index (χ0v) is 16.1. The number of anilines is 1. The molecule has 3 heterocycles. The van der Waals surface area contributed by atoms with Gasteiger partial charge in [0.1, 0.15) is 5.82 Å². The van der Waals surface area contributed by atoms with Crippen molar-refractivity contribution in [2.75, 3.05) is 18.0 Å². The number of aromatic nitrogens is 3. The molecule has 1 aliphatic heterocycles. The normalized spacial score (nSPS) is 14.8. The maximum absolute atomic E-state index is 13.4. The number of pyridine rings is 1. The summed E-state index contributed by atoms with van der Waals surface area (Å²) in [5, 5.41) is 0.767. The Kier molecular flexibility index (Phi) is 4.15. The molecule has 0 radical (unpaired) electrons. The Morgan fingerprint density at radius 1 is 1.07 bits per heavy atom. The average Bonchev–Trinajstić information content (AvgIpc) is 3.18. The minimum atomic E-state index is 0.0395. The van der Waals surface area contributed by atoms with Crippen LogP contribution in [0.3, 0.4) is 0 Å². The highest BCUT2D eigenvalue weighted by molar-refractivity contribution is 5.87. The predicted octanol–water partition coefficient (Wildman–Crippen LogP) is 4.56. The average molecular weight is 372 g/mol. The van der Waals surface area contributed by atoms with Gasteiger partial charge in [-0.1, -0.05) is 12.1 Å². The van der Waals surface area contributed by atoms with Crippen LogP contribution in [0.4, 0.5) is 5.69 Å². The monoisotopic (exact) mass is 372 g/mol. The minimum Gasteiger partial charge on any atom is -0.372 e. The van der Waals surface area contributed by atoms with Gasteiger partial charge in [-0.2, -0.15) is 0 Å². The summed E-state index contributed by atoms with van der Waals surface area (Å²) in [6.07, 6.45) is 5.67. The van der Waals surface area contributed by atoms with E-state index in [9.17, 15) is 4.79 Å². The molecule has 1 aliphatic rings. The smallest absolute Gasteiger partial charge is 0.200 e. The molecule has 5 nitrogen and oxygen atoms in total. The van der Waals surface area contributed by atoms with Crippen molar-refractivity contribution in [3.63, 3.8) is 0 Å². The van der Waals surface area contributed by atoms with E-state index in [0.717, 1.165) is 47.3 Å². The summed E-state index contributed by atoms with van der Waals surface area (Å²) in [5.41, 5.74) is 4.62. The fourth-order valence-electron chi connectivity index (χ4n) is 4.24. The summed E-state index contributed by atoms with van der Waals surface area (Å²) in [6, 6.07) is 14.2. The number of benzene rings is 2. The summed E-state index contributed by atoms with van der Waals surface area (Å²) >= 11 is 0. The Balaban J connectivity index is 1.70. The van der Waals surface area contributed by atoms with Gasteiger partial charge in [-0.25, -0.2) is 4.98 Å². The Labute approximate surface area is 163 Å². The Bertz CT molecular complexity index is 1180. The highest BCUT2D eigenvalue weighted by Gasteiger charge is 2.16. The van der Waals surface area contributed by atoms with Gasteiger partial charge < -0.3 is 14.5 Å². The lowest BCUT2D eigenvalue weighted by molar-refractivity contribution is 0.578. The molecular formula is C23H24N4O. The van der Waals surface area contributed by atoms with Gasteiger partial charge in [0.15, 0.2) is 5.43 Å². The molecule has 0 saturated carbocycles. The highest BCUT2D eigenvalue weighted by atomic mass is 16.1. The summed E-state index contributed by atoms with van der Waals surface area (Å²) < 4.78 is 2.14. The Hall–Kier alpha value is -3.08. The van der Waals surface area contributed by atoms with Gasteiger partial charge in [0.2, 0.25) is 0 Å². The Morgan fingerprint density at radius 3 is 2.68 bits per heavy atom. The first-order valence-electron chi connectivity index (χ1n) is 10.1. The zero-order chi connectivity index (χ0) is 19.1. The highest BCUT2D eigenvalue weighted by Crippen LogP contribution is 2.26. The molecule has 1 N–H and O–H groups in total. The number of fused-ring (bicyclic) bond motifs is 2. The van der Waals surface area contributed by atoms with Crippen molar-refractivity contribution in [2.24, 2.45) is 0 Å². The van der Waals surface area contributed by atoms with Gasteiger partial charge in [-0.3, -0.25) is 4.79 Å². The van der Waals surface area contributed by atoms with Crippen molar-refractivity contribution >= 4 is 27.6 Å². The number of aromatic amines is 1. The van der Waals surface area contributed by atoms with Gasteiger partial charge in [-0.15, -0.1) is 0 Å². The van der Waals surface area contributed by atoms with Crippen molar-refractivity contribution in [2.45, 2.75) is 32.7 Å². The van der Waals surface area contributed by atoms with Crippen LogP contribution in [0, 0.1) is 0 Å². The SMILES string of the molecule is CCn1cc(-c2nc3ccccc3[nH]2)c(=O)c2cc(N3CCCCC3)ccc21. The number of hydrogen-bond acceptors (Lipinski definition) is 3. The fourth-order valence-corrected chi connectivity index (χ4v) is 4.24. The number of para-hydroxylation sites is 2. The second kappa shape index (κ2) is 6.82. The van der Waals surface area contributed by atoms with Crippen LogP contribution in [0.25, 0.3) is 33.3 Å². The number of rotatable bonds is 3.